The molecular weight excluding hydrogens is 324 g/mol. The number of hydrogen-bond acceptors (Lipinski definition) is 3. The van der Waals surface area contributed by atoms with Crippen LogP contribution in [0.3, 0.4) is 0 Å². The molecule has 0 aromatic heterocycles. The first-order valence-corrected chi connectivity index (χ1v) is 6.92. The number of halogens is 1. The van der Waals surface area contributed by atoms with Gasteiger partial charge in [-0.3, -0.25) is 19.7 Å². The van der Waals surface area contributed by atoms with Crippen LogP contribution < -0.4 is 10.6 Å². The first kappa shape index (κ1) is 14.5. The maximum absolute atomic E-state index is 11.7. The number of piperidine rings is 1. The molecule has 2 N–H and O–H groups in total. The Kier molecular flexibility index (Phi) is 4.68. The summed E-state index contributed by atoms with van der Waals surface area (Å²) in [4.78, 5) is 34.2. The Labute approximate surface area is 124 Å². The van der Waals surface area contributed by atoms with Gasteiger partial charge in [-0.25, -0.2) is 0 Å². The summed E-state index contributed by atoms with van der Waals surface area (Å²) in [6, 6.07) is 6.82. The quantitative estimate of drug-likeness (QED) is 0.646. The summed E-state index contributed by atoms with van der Waals surface area (Å²) in [6.45, 7) is 0. The van der Waals surface area contributed by atoms with Gasteiger partial charge in [0.1, 0.15) is 6.04 Å². The van der Waals surface area contributed by atoms with E-state index in [0.717, 1.165) is 10.0 Å². The van der Waals surface area contributed by atoms with Gasteiger partial charge in [0.05, 0.1) is 0 Å². The smallest absolute Gasteiger partial charge is 0.249 e. The third kappa shape index (κ3) is 4.03. The number of nitrogens with one attached hydrogen (secondary N) is 2. The van der Waals surface area contributed by atoms with Gasteiger partial charge in [0, 0.05) is 17.0 Å². The van der Waals surface area contributed by atoms with Gasteiger partial charge in [-0.1, -0.05) is 28.1 Å². The largest absolute Gasteiger partial charge is 0.341 e. The second-order valence-electron chi connectivity index (χ2n) is 4.40. The maximum Gasteiger partial charge on any atom is 0.249 e. The molecule has 0 bridgehead atoms. The van der Waals surface area contributed by atoms with Gasteiger partial charge >= 0.3 is 0 Å². The number of hydrogen-bond donors (Lipinski definition) is 2. The Morgan fingerprint density at radius 2 is 2.00 bits per heavy atom. The van der Waals surface area contributed by atoms with Crippen LogP contribution in [-0.2, 0) is 14.4 Å². The number of benzene rings is 1. The molecule has 1 aromatic rings. The monoisotopic (exact) mass is 336 g/mol. The van der Waals surface area contributed by atoms with Crippen LogP contribution in [0.2, 0.25) is 0 Å². The highest BCUT2D eigenvalue weighted by molar-refractivity contribution is 9.10. The van der Waals surface area contributed by atoms with Crippen molar-refractivity contribution in [3.05, 3.63) is 40.4 Å². The first-order chi connectivity index (χ1) is 9.54. The van der Waals surface area contributed by atoms with Crippen LogP contribution >= 0.6 is 15.9 Å². The maximum atomic E-state index is 11.7. The zero-order valence-electron chi connectivity index (χ0n) is 10.6. The van der Waals surface area contributed by atoms with Crippen LogP contribution in [0, 0.1) is 0 Å². The van der Waals surface area contributed by atoms with Crippen molar-refractivity contribution < 1.29 is 14.4 Å². The minimum Gasteiger partial charge on any atom is -0.341 e. The van der Waals surface area contributed by atoms with Gasteiger partial charge < -0.3 is 5.32 Å². The summed E-state index contributed by atoms with van der Waals surface area (Å²) >= 11 is 3.33. The normalized spacial score (nSPS) is 18.9. The summed E-state index contributed by atoms with van der Waals surface area (Å²) < 4.78 is 0.961. The molecule has 6 heteroatoms. The zero-order chi connectivity index (χ0) is 14.5. The molecule has 5 nitrogen and oxygen atoms in total. The average Bonchev–Trinajstić information content (AvgIpc) is 2.41. The van der Waals surface area contributed by atoms with Crippen LogP contribution in [0.15, 0.2) is 34.8 Å². The third-order valence-electron chi connectivity index (χ3n) is 2.85. The van der Waals surface area contributed by atoms with Crippen molar-refractivity contribution in [1.29, 1.82) is 0 Å². The lowest BCUT2D eigenvalue weighted by Gasteiger charge is -2.20. The zero-order valence-corrected chi connectivity index (χ0v) is 12.1. The van der Waals surface area contributed by atoms with Crippen LogP contribution in [-0.4, -0.2) is 23.8 Å². The average molecular weight is 337 g/mol. The lowest BCUT2D eigenvalue weighted by Crippen LogP contribution is -2.51. The van der Waals surface area contributed by atoms with E-state index in [0.29, 0.717) is 6.42 Å². The molecule has 1 saturated heterocycles. The van der Waals surface area contributed by atoms with E-state index < -0.39 is 11.9 Å². The highest BCUT2D eigenvalue weighted by Gasteiger charge is 2.27. The molecule has 1 atom stereocenters. The van der Waals surface area contributed by atoms with E-state index in [1.54, 1.807) is 6.08 Å². The van der Waals surface area contributed by atoms with E-state index in [2.05, 4.69) is 26.6 Å². The minimum atomic E-state index is -0.644. The Bertz CT molecular complexity index is 566. The fourth-order valence-corrected chi connectivity index (χ4v) is 2.06. The van der Waals surface area contributed by atoms with Gasteiger partial charge in [-0.2, -0.15) is 0 Å². The molecule has 1 fully saturated rings. The van der Waals surface area contributed by atoms with Crippen molar-refractivity contribution in [2.45, 2.75) is 18.9 Å². The summed E-state index contributed by atoms with van der Waals surface area (Å²) in [7, 11) is 0. The Morgan fingerprint density at radius 1 is 1.30 bits per heavy atom. The highest BCUT2D eigenvalue weighted by atomic mass is 79.9. The molecule has 1 aliphatic rings. The fourth-order valence-electron chi connectivity index (χ4n) is 1.80. The topological polar surface area (TPSA) is 75.3 Å². The Hall–Kier alpha value is -1.95. The molecule has 3 amide bonds. The third-order valence-corrected chi connectivity index (χ3v) is 3.38. The van der Waals surface area contributed by atoms with Crippen LogP contribution in [0.25, 0.3) is 6.08 Å². The molecule has 2 rings (SSSR count). The second kappa shape index (κ2) is 6.47. The predicted molar refractivity (Wildman–Crippen MR) is 77.5 cm³/mol. The number of amides is 3. The summed E-state index contributed by atoms with van der Waals surface area (Å²) in [6.07, 6.45) is 3.61. The van der Waals surface area contributed by atoms with E-state index in [4.69, 9.17) is 0 Å². The second-order valence-corrected chi connectivity index (χ2v) is 5.31. The molecule has 1 heterocycles. The number of carbonyl (C=O) groups excluding carboxylic acids is 3. The molecule has 1 aromatic carbocycles. The molecule has 0 radical (unpaired) electrons. The van der Waals surface area contributed by atoms with Crippen molar-refractivity contribution in [3.8, 4) is 0 Å². The molecule has 20 heavy (non-hydrogen) atoms. The van der Waals surface area contributed by atoms with Crippen molar-refractivity contribution in [2.24, 2.45) is 0 Å². The van der Waals surface area contributed by atoms with Gasteiger partial charge in [0.25, 0.3) is 0 Å². The van der Waals surface area contributed by atoms with Crippen LogP contribution in [0.1, 0.15) is 18.4 Å². The molecule has 0 saturated carbocycles. The molecule has 104 valence electrons. The van der Waals surface area contributed by atoms with Crippen molar-refractivity contribution in [3.63, 3.8) is 0 Å². The van der Waals surface area contributed by atoms with Gasteiger partial charge in [-0.05, 0) is 30.2 Å². The number of imide groups is 1. The Morgan fingerprint density at radius 3 is 2.65 bits per heavy atom. The molecule has 1 aliphatic heterocycles. The highest BCUT2D eigenvalue weighted by Crippen LogP contribution is 2.11. The summed E-state index contributed by atoms with van der Waals surface area (Å²) in [5, 5.41) is 4.76. The molecular formula is C14H13BrN2O3. The number of rotatable bonds is 3. The first-order valence-electron chi connectivity index (χ1n) is 6.12. The van der Waals surface area contributed by atoms with Crippen molar-refractivity contribution in [2.75, 3.05) is 0 Å². The summed E-state index contributed by atoms with van der Waals surface area (Å²) in [5.74, 6) is -1.11. The molecule has 1 unspecified atom stereocenters. The van der Waals surface area contributed by atoms with E-state index in [-0.39, 0.29) is 18.2 Å². The fraction of sp³-hybridized carbons (Fsp3) is 0.214. The van der Waals surface area contributed by atoms with Gasteiger partial charge in [0.2, 0.25) is 17.7 Å². The van der Waals surface area contributed by atoms with Gasteiger partial charge in [0.15, 0.2) is 0 Å². The van der Waals surface area contributed by atoms with Crippen LogP contribution in [0.5, 0.6) is 0 Å². The number of carbonyl (C=O) groups is 3. The Balaban J connectivity index is 1.90. The van der Waals surface area contributed by atoms with Crippen molar-refractivity contribution in [1.82, 2.24) is 10.6 Å². The lowest BCUT2D eigenvalue weighted by atomic mass is 10.1. The SMILES string of the molecule is O=C(C=Cc1ccc(Br)cc1)NC1CCC(=O)NC1=O. The minimum absolute atomic E-state index is 0.243. The van der Waals surface area contributed by atoms with E-state index in [1.807, 2.05) is 24.3 Å². The van der Waals surface area contributed by atoms with E-state index in [9.17, 15) is 14.4 Å². The van der Waals surface area contributed by atoms with E-state index >= 15 is 0 Å². The summed E-state index contributed by atoms with van der Waals surface area (Å²) in [5.41, 5.74) is 0.881. The van der Waals surface area contributed by atoms with Crippen LogP contribution in [0.4, 0.5) is 0 Å². The predicted octanol–water partition coefficient (Wildman–Crippen LogP) is 1.38. The molecule has 0 aliphatic carbocycles. The standard InChI is InChI=1S/C14H13BrN2O3/c15-10-4-1-9(2-5-10)3-7-12(18)16-11-6-8-13(19)17-14(11)20/h1-5,7,11H,6,8H2,(H,16,18)(H,17,19,20). The van der Waals surface area contributed by atoms with Crippen molar-refractivity contribution >= 4 is 39.7 Å². The lowest BCUT2D eigenvalue weighted by molar-refractivity contribution is -0.136. The molecule has 0 spiro atoms. The van der Waals surface area contributed by atoms with Gasteiger partial charge in [-0.15, -0.1) is 0 Å². The van der Waals surface area contributed by atoms with E-state index in [1.165, 1.54) is 6.08 Å².